The molecule has 0 saturated carbocycles. The third-order valence-corrected chi connectivity index (χ3v) is 7.01. The van der Waals surface area contributed by atoms with E-state index in [2.05, 4.69) is 5.32 Å². The van der Waals surface area contributed by atoms with Gasteiger partial charge in [0.15, 0.2) is 0 Å². The fourth-order valence-electron chi connectivity index (χ4n) is 3.74. The van der Waals surface area contributed by atoms with Crippen LogP contribution in [0.25, 0.3) is 6.08 Å². The van der Waals surface area contributed by atoms with Crippen molar-refractivity contribution < 1.29 is 19.5 Å². The van der Waals surface area contributed by atoms with Crippen molar-refractivity contribution in [3.05, 3.63) is 52.4 Å². The molecule has 35 heavy (non-hydrogen) atoms. The average molecular weight is 517 g/mol. The first-order valence-corrected chi connectivity index (χ1v) is 13.6. The van der Waals surface area contributed by atoms with Gasteiger partial charge in [-0.2, -0.15) is 0 Å². The molecule has 0 aliphatic carbocycles. The Morgan fingerprint density at radius 1 is 1.00 bits per heavy atom. The highest BCUT2D eigenvalue weighted by Crippen LogP contribution is 2.32. The van der Waals surface area contributed by atoms with Gasteiger partial charge in [0.05, 0.1) is 4.91 Å². The second-order valence-electron chi connectivity index (χ2n) is 8.70. The Morgan fingerprint density at radius 3 is 2.29 bits per heavy atom. The van der Waals surface area contributed by atoms with E-state index in [-0.39, 0.29) is 31.2 Å². The number of carboxylic acid groups (broad SMARTS) is 1. The summed E-state index contributed by atoms with van der Waals surface area (Å²) in [4.78, 5) is 37.5. The van der Waals surface area contributed by atoms with Crippen LogP contribution < -0.4 is 5.32 Å². The van der Waals surface area contributed by atoms with Crippen LogP contribution in [0.1, 0.15) is 76.7 Å². The fourth-order valence-corrected chi connectivity index (χ4v) is 5.10. The van der Waals surface area contributed by atoms with Gasteiger partial charge in [-0.25, -0.2) is 0 Å². The second-order valence-corrected chi connectivity index (χ2v) is 10.4. The van der Waals surface area contributed by atoms with Crippen molar-refractivity contribution in [2.24, 2.45) is 0 Å². The Bertz CT molecular complexity index is 928. The van der Waals surface area contributed by atoms with Crippen molar-refractivity contribution in [3.63, 3.8) is 0 Å². The van der Waals surface area contributed by atoms with E-state index in [4.69, 9.17) is 17.3 Å². The van der Waals surface area contributed by atoms with Crippen LogP contribution in [0.15, 0.2) is 46.9 Å². The van der Waals surface area contributed by atoms with E-state index in [9.17, 15) is 14.4 Å². The van der Waals surface area contributed by atoms with Gasteiger partial charge in [0, 0.05) is 25.9 Å². The van der Waals surface area contributed by atoms with Crippen LogP contribution in [0.5, 0.6) is 0 Å². The number of amides is 2. The molecule has 8 heteroatoms. The Balaban J connectivity index is 1.60. The predicted octanol–water partition coefficient (Wildman–Crippen LogP) is 5.94. The monoisotopic (exact) mass is 516 g/mol. The number of hydrogen-bond donors (Lipinski definition) is 2. The number of benzene rings is 1. The lowest BCUT2D eigenvalue weighted by atomic mass is 10.1. The van der Waals surface area contributed by atoms with Crippen molar-refractivity contribution in [1.82, 2.24) is 10.2 Å². The first-order chi connectivity index (χ1) is 16.9. The second kappa shape index (κ2) is 16.3. The Labute approximate surface area is 218 Å². The predicted molar refractivity (Wildman–Crippen MR) is 147 cm³/mol. The van der Waals surface area contributed by atoms with Crippen molar-refractivity contribution in [1.29, 1.82) is 0 Å². The standard InChI is InChI=1S/C27H36N2O4S2/c1-21(19-22-13-9-8-10-14-22)20-23-26(33)29(27(34)35-23)18-16-24(30)28-17-12-7-5-3-2-4-6-11-15-25(31)32/h8-10,13-14,19-20H,2-7,11-12,15-18H2,1H3,(H,28,30)(H,31,32)/b21-19-,23-20+. The Morgan fingerprint density at radius 2 is 1.63 bits per heavy atom. The van der Waals surface area contributed by atoms with Gasteiger partial charge in [0.25, 0.3) is 5.91 Å². The number of carbonyl (C=O) groups is 3. The normalized spacial score (nSPS) is 15.2. The highest BCUT2D eigenvalue weighted by molar-refractivity contribution is 8.26. The minimum absolute atomic E-state index is 0.0679. The zero-order valence-electron chi connectivity index (χ0n) is 20.5. The Hall–Kier alpha value is -2.45. The van der Waals surface area contributed by atoms with Gasteiger partial charge in [0.2, 0.25) is 5.91 Å². The summed E-state index contributed by atoms with van der Waals surface area (Å²) in [7, 11) is 0. The van der Waals surface area contributed by atoms with Crippen molar-refractivity contribution in [3.8, 4) is 0 Å². The van der Waals surface area contributed by atoms with E-state index >= 15 is 0 Å². The molecule has 1 aromatic carbocycles. The quantitative estimate of drug-likeness (QED) is 0.161. The molecule has 0 atom stereocenters. The van der Waals surface area contributed by atoms with Crippen LogP contribution in [0.2, 0.25) is 0 Å². The number of thioether (sulfide) groups is 1. The lowest BCUT2D eigenvalue weighted by Crippen LogP contribution is -2.33. The maximum Gasteiger partial charge on any atom is 0.303 e. The van der Waals surface area contributed by atoms with E-state index in [1.54, 1.807) is 0 Å². The number of unbranched alkanes of at least 4 members (excludes halogenated alkanes) is 7. The molecule has 1 saturated heterocycles. The summed E-state index contributed by atoms with van der Waals surface area (Å²) in [5.74, 6) is -0.928. The van der Waals surface area contributed by atoms with E-state index in [0.29, 0.717) is 15.8 Å². The lowest BCUT2D eigenvalue weighted by Gasteiger charge is -2.14. The molecule has 190 valence electrons. The van der Waals surface area contributed by atoms with Gasteiger partial charge in [-0.15, -0.1) is 0 Å². The first kappa shape index (κ1) is 28.8. The first-order valence-electron chi connectivity index (χ1n) is 12.3. The van der Waals surface area contributed by atoms with Crippen LogP contribution in [0, 0.1) is 0 Å². The van der Waals surface area contributed by atoms with Crippen LogP contribution in [-0.2, 0) is 14.4 Å². The molecule has 1 fully saturated rings. The number of thiocarbonyl (C=S) groups is 1. The minimum atomic E-state index is -0.718. The highest BCUT2D eigenvalue weighted by atomic mass is 32.2. The molecule has 2 rings (SSSR count). The van der Waals surface area contributed by atoms with Gasteiger partial charge < -0.3 is 10.4 Å². The van der Waals surface area contributed by atoms with Gasteiger partial charge in [-0.05, 0) is 37.0 Å². The minimum Gasteiger partial charge on any atom is -0.481 e. The molecule has 0 unspecified atom stereocenters. The molecule has 6 nitrogen and oxygen atoms in total. The van der Waals surface area contributed by atoms with Gasteiger partial charge in [-0.3, -0.25) is 19.3 Å². The van der Waals surface area contributed by atoms with Crippen LogP contribution >= 0.6 is 24.0 Å². The summed E-state index contributed by atoms with van der Waals surface area (Å²) in [5, 5.41) is 11.5. The molecular formula is C27H36N2O4S2. The van der Waals surface area contributed by atoms with Gasteiger partial charge >= 0.3 is 5.97 Å². The highest BCUT2D eigenvalue weighted by Gasteiger charge is 2.31. The van der Waals surface area contributed by atoms with E-state index in [0.717, 1.165) is 62.5 Å². The molecule has 1 aromatic rings. The molecule has 1 aliphatic heterocycles. The maximum absolute atomic E-state index is 12.8. The third-order valence-electron chi connectivity index (χ3n) is 5.63. The van der Waals surface area contributed by atoms with E-state index < -0.39 is 5.97 Å². The smallest absolute Gasteiger partial charge is 0.303 e. The van der Waals surface area contributed by atoms with Crippen LogP contribution in [0.4, 0.5) is 0 Å². The summed E-state index contributed by atoms with van der Waals surface area (Å²) in [6, 6.07) is 9.92. The van der Waals surface area contributed by atoms with Gasteiger partial charge in [0.1, 0.15) is 4.32 Å². The number of carbonyl (C=O) groups excluding carboxylic acids is 2. The topological polar surface area (TPSA) is 86.7 Å². The summed E-state index contributed by atoms with van der Waals surface area (Å²) >= 11 is 6.65. The largest absolute Gasteiger partial charge is 0.481 e. The Kier molecular flexibility index (Phi) is 13.4. The fraction of sp³-hybridized carbons (Fsp3) is 0.481. The number of allylic oxidation sites excluding steroid dienone is 2. The molecule has 0 bridgehead atoms. The average Bonchev–Trinajstić information content (AvgIpc) is 3.08. The maximum atomic E-state index is 12.8. The van der Waals surface area contributed by atoms with E-state index in [1.807, 2.05) is 49.4 Å². The molecule has 0 spiro atoms. The molecular weight excluding hydrogens is 480 g/mol. The summed E-state index contributed by atoms with van der Waals surface area (Å²) in [5.41, 5.74) is 2.04. The summed E-state index contributed by atoms with van der Waals surface area (Å²) in [6.07, 6.45) is 12.6. The van der Waals surface area contributed by atoms with Crippen molar-refractivity contribution in [2.75, 3.05) is 13.1 Å². The zero-order chi connectivity index (χ0) is 25.5. The zero-order valence-corrected chi connectivity index (χ0v) is 22.1. The molecule has 1 aliphatic rings. The molecule has 0 aromatic heterocycles. The van der Waals surface area contributed by atoms with Gasteiger partial charge in [-0.1, -0.05) is 98.9 Å². The number of aliphatic carboxylic acids is 1. The third kappa shape index (κ3) is 11.7. The van der Waals surface area contributed by atoms with Crippen molar-refractivity contribution in [2.45, 2.75) is 71.1 Å². The molecule has 0 radical (unpaired) electrons. The summed E-state index contributed by atoms with van der Waals surface area (Å²) < 4.78 is 0.490. The van der Waals surface area contributed by atoms with Crippen LogP contribution in [0.3, 0.4) is 0 Å². The number of nitrogens with zero attached hydrogens (tertiary/aromatic N) is 1. The summed E-state index contributed by atoms with van der Waals surface area (Å²) in [6.45, 7) is 2.88. The number of hydrogen-bond acceptors (Lipinski definition) is 5. The molecule has 2 amide bonds. The number of nitrogens with one attached hydrogen (secondary N) is 1. The molecule has 2 N–H and O–H groups in total. The lowest BCUT2D eigenvalue weighted by molar-refractivity contribution is -0.137. The SMILES string of the molecule is CC(=C/c1ccccc1)/C=C1/SC(=S)N(CCC(=O)NCCCCCCCCCCC(=O)O)C1=O. The van der Waals surface area contributed by atoms with Crippen LogP contribution in [-0.4, -0.2) is 45.2 Å². The van der Waals surface area contributed by atoms with Crippen molar-refractivity contribution >= 4 is 52.2 Å². The number of rotatable bonds is 16. The number of carboxylic acids is 1. The van der Waals surface area contributed by atoms with E-state index in [1.165, 1.54) is 16.7 Å². The molecule has 1 heterocycles.